The fourth-order valence-electron chi connectivity index (χ4n) is 4.97. The van der Waals surface area contributed by atoms with E-state index in [1.807, 2.05) is 0 Å². The summed E-state index contributed by atoms with van der Waals surface area (Å²) in [7, 11) is 0. The molecule has 4 nitrogen and oxygen atoms in total. The van der Waals surface area contributed by atoms with E-state index in [2.05, 4.69) is 39.8 Å². The molecule has 0 bridgehead atoms. The lowest BCUT2D eigenvalue weighted by Gasteiger charge is -2.33. The zero-order valence-corrected chi connectivity index (χ0v) is 17.3. The topological polar surface area (TPSA) is 36.5 Å². The van der Waals surface area contributed by atoms with Crippen LogP contribution in [-0.4, -0.2) is 49.8 Å². The molecule has 2 saturated heterocycles. The summed E-state index contributed by atoms with van der Waals surface area (Å²) in [5.74, 6) is 0.716. The lowest BCUT2D eigenvalue weighted by molar-refractivity contribution is 0.0524. The van der Waals surface area contributed by atoms with Crippen LogP contribution in [0.1, 0.15) is 49.7 Å². The van der Waals surface area contributed by atoms with Gasteiger partial charge in [-0.3, -0.25) is 4.90 Å². The van der Waals surface area contributed by atoms with Gasteiger partial charge in [-0.1, -0.05) is 37.1 Å². The third kappa shape index (κ3) is 5.91. The van der Waals surface area contributed by atoms with Crippen molar-refractivity contribution >= 4 is 12.4 Å². The molecule has 3 atom stereocenters. The second-order valence-electron chi connectivity index (χ2n) is 8.37. The lowest BCUT2D eigenvalue weighted by atomic mass is 9.94. The Morgan fingerprint density at radius 2 is 1.78 bits per heavy atom. The number of hydrogen-bond acceptors (Lipinski definition) is 4. The highest BCUT2D eigenvalue weighted by molar-refractivity contribution is 5.85. The molecule has 3 unspecified atom stereocenters. The van der Waals surface area contributed by atoms with Gasteiger partial charge < -0.3 is 15.4 Å². The third-order valence-corrected chi connectivity index (χ3v) is 6.48. The second-order valence-corrected chi connectivity index (χ2v) is 8.37. The van der Waals surface area contributed by atoms with Gasteiger partial charge in [0.1, 0.15) is 0 Å². The highest BCUT2D eigenvalue weighted by Gasteiger charge is 2.34. The molecule has 1 aromatic carbocycles. The predicted octanol–water partition coefficient (Wildman–Crippen LogP) is 3.34. The summed E-state index contributed by atoms with van der Waals surface area (Å²) in [6.45, 7) is 7.40. The Morgan fingerprint density at radius 1 is 1.00 bits per heavy atom. The molecule has 1 aliphatic carbocycles. The Morgan fingerprint density at radius 3 is 2.52 bits per heavy atom. The average Bonchev–Trinajstić information content (AvgIpc) is 3.18. The van der Waals surface area contributed by atoms with Crippen molar-refractivity contribution in [2.75, 3.05) is 32.8 Å². The number of ether oxygens (including phenoxy) is 1. The fraction of sp³-hybridized carbons (Fsp3) is 0.727. The minimum Gasteiger partial charge on any atom is -0.379 e. The van der Waals surface area contributed by atoms with E-state index in [1.54, 1.807) is 0 Å². The first-order valence-electron chi connectivity index (χ1n) is 10.7. The van der Waals surface area contributed by atoms with Crippen molar-refractivity contribution in [3.8, 4) is 0 Å². The molecule has 152 valence electrons. The maximum atomic E-state index is 5.69. The van der Waals surface area contributed by atoms with Crippen molar-refractivity contribution in [1.29, 1.82) is 0 Å². The van der Waals surface area contributed by atoms with Crippen molar-refractivity contribution in [2.24, 2.45) is 5.92 Å². The predicted molar refractivity (Wildman–Crippen MR) is 113 cm³/mol. The van der Waals surface area contributed by atoms with Crippen molar-refractivity contribution in [3.63, 3.8) is 0 Å². The number of nitrogens with one attached hydrogen (secondary N) is 2. The summed E-state index contributed by atoms with van der Waals surface area (Å²) in [6, 6.07) is 10.5. The average molecular weight is 394 g/mol. The minimum absolute atomic E-state index is 0. The lowest BCUT2D eigenvalue weighted by Crippen LogP contribution is -2.50. The number of piperidine rings is 1. The van der Waals surface area contributed by atoms with Gasteiger partial charge >= 0.3 is 0 Å². The third-order valence-electron chi connectivity index (χ3n) is 6.48. The Hall–Kier alpha value is -0.650. The number of rotatable bonds is 6. The van der Waals surface area contributed by atoms with Crippen molar-refractivity contribution in [2.45, 2.75) is 63.7 Å². The molecule has 3 aliphatic rings. The van der Waals surface area contributed by atoms with Crippen LogP contribution in [0.2, 0.25) is 0 Å². The standard InChI is InChI=1S/C22H35N3O.ClH/c1-2-12-25(13-3-1)16-19-9-7-18(8-10-19)15-24-21-6-4-5-20(21)22-17-26-14-11-23-22;/h7-10,20-24H,1-6,11-17H2;1H. The van der Waals surface area contributed by atoms with Crippen molar-refractivity contribution in [1.82, 2.24) is 15.5 Å². The number of halogens is 1. The Kier molecular flexibility index (Phi) is 8.41. The van der Waals surface area contributed by atoms with Gasteiger partial charge in [-0.25, -0.2) is 0 Å². The molecule has 0 amide bonds. The molecule has 3 fully saturated rings. The number of likely N-dealkylation sites (tertiary alicyclic amines) is 1. The molecule has 2 heterocycles. The van der Waals surface area contributed by atoms with Crippen LogP contribution in [0.15, 0.2) is 24.3 Å². The quantitative estimate of drug-likeness (QED) is 0.777. The van der Waals surface area contributed by atoms with E-state index < -0.39 is 0 Å². The largest absolute Gasteiger partial charge is 0.379 e. The minimum atomic E-state index is 0. The van der Waals surface area contributed by atoms with Gasteiger partial charge in [0.15, 0.2) is 0 Å². The summed E-state index contributed by atoms with van der Waals surface area (Å²) in [4.78, 5) is 2.60. The summed E-state index contributed by atoms with van der Waals surface area (Å²) in [6.07, 6.45) is 8.11. The highest BCUT2D eigenvalue weighted by atomic mass is 35.5. The molecule has 2 N–H and O–H groups in total. The van der Waals surface area contributed by atoms with E-state index >= 15 is 0 Å². The number of hydrogen-bond donors (Lipinski definition) is 2. The number of nitrogens with zero attached hydrogens (tertiary/aromatic N) is 1. The molecule has 27 heavy (non-hydrogen) atoms. The van der Waals surface area contributed by atoms with Gasteiger partial charge in [0, 0.05) is 31.7 Å². The van der Waals surface area contributed by atoms with E-state index in [1.165, 1.54) is 62.7 Å². The Labute approximate surface area is 170 Å². The summed E-state index contributed by atoms with van der Waals surface area (Å²) in [5, 5.41) is 7.51. The molecule has 5 heteroatoms. The molecule has 0 spiro atoms. The monoisotopic (exact) mass is 393 g/mol. The maximum absolute atomic E-state index is 5.69. The van der Waals surface area contributed by atoms with Gasteiger partial charge in [-0.15, -0.1) is 12.4 Å². The first-order chi connectivity index (χ1) is 12.9. The van der Waals surface area contributed by atoms with Gasteiger partial charge in [0.25, 0.3) is 0 Å². The van der Waals surface area contributed by atoms with Gasteiger partial charge in [0.05, 0.1) is 13.2 Å². The summed E-state index contributed by atoms with van der Waals surface area (Å²) < 4.78 is 5.69. The van der Waals surface area contributed by atoms with Crippen LogP contribution >= 0.6 is 12.4 Å². The van der Waals surface area contributed by atoms with E-state index in [9.17, 15) is 0 Å². The van der Waals surface area contributed by atoms with Gasteiger partial charge in [-0.05, 0) is 55.8 Å². The zero-order chi connectivity index (χ0) is 17.6. The Balaban J connectivity index is 0.00000210. The van der Waals surface area contributed by atoms with Crippen LogP contribution < -0.4 is 10.6 Å². The van der Waals surface area contributed by atoms with E-state index in [0.717, 1.165) is 32.8 Å². The van der Waals surface area contributed by atoms with E-state index in [-0.39, 0.29) is 12.4 Å². The maximum Gasteiger partial charge on any atom is 0.0623 e. The Bertz CT molecular complexity index is 541. The van der Waals surface area contributed by atoms with Crippen LogP contribution in [-0.2, 0) is 17.8 Å². The smallest absolute Gasteiger partial charge is 0.0623 e. The van der Waals surface area contributed by atoms with Gasteiger partial charge in [-0.2, -0.15) is 0 Å². The molecular formula is C22H36ClN3O. The van der Waals surface area contributed by atoms with Crippen LogP contribution in [0.5, 0.6) is 0 Å². The SMILES string of the molecule is Cl.c1cc(CN2CCCCC2)ccc1CNC1CCCC1C1COCCN1. The highest BCUT2D eigenvalue weighted by Crippen LogP contribution is 2.29. The zero-order valence-electron chi connectivity index (χ0n) is 16.5. The first kappa shape index (κ1) is 21.1. The molecule has 1 saturated carbocycles. The molecule has 0 aromatic heterocycles. The van der Waals surface area contributed by atoms with Gasteiger partial charge in [0.2, 0.25) is 0 Å². The van der Waals surface area contributed by atoms with E-state index in [4.69, 9.17) is 4.74 Å². The molecule has 2 aliphatic heterocycles. The van der Waals surface area contributed by atoms with Crippen molar-refractivity contribution < 1.29 is 4.74 Å². The summed E-state index contributed by atoms with van der Waals surface area (Å²) in [5.41, 5.74) is 2.86. The molecule has 4 rings (SSSR count). The fourth-order valence-corrected chi connectivity index (χ4v) is 4.97. The molecule has 0 radical (unpaired) electrons. The van der Waals surface area contributed by atoms with Crippen LogP contribution in [0.3, 0.4) is 0 Å². The second kappa shape index (κ2) is 10.8. The van der Waals surface area contributed by atoms with Crippen LogP contribution in [0.25, 0.3) is 0 Å². The van der Waals surface area contributed by atoms with Crippen molar-refractivity contribution in [3.05, 3.63) is 35.4 Å². The van der Waals surface area contributed by atoms with Crippen LogP contribution in [0.4, 0.5) is 0 Å². The number of morpholine rings is 1. The summed E-state index contributed by atoms with van der Waals surface area (Å²) >= 11 is 0. The van der Waals surface area contributed by atoms with Crippen LogP contribution in [0, 0.1) is 5.92 Å². The van der Waals surface area contributed by atoms with E-state index in [0.29, 0.717) is 18.0 Å². The first-order valence-corrected chi connectivity index (χ1v) is 10.7. The molecular weight excluding hydrogens is 358 g/mol. The number of benzene rings is 1. The molecule has 1 aromatic rings. The normalized spacial score (nSPS) is 29.4.